The minimum absolute atomic E-state index is 0.0793. The van der Waals surface area contributed by atoms with Crippen molar-refractivity contribution < 1.29 is 17.9 Å². The van der Waals surface area contributed by atoms with E-state index in [1.807, 2.05) is 5.38 Å². The lowest BCUT2D eigenvalue weighted by Gasteiger charge is -2.11. The molecule has 0 spiro atoms. The molecular formula is C13H14FNO3S2. The van der Waals surface area contributed by atoms with Crippen LogP contribution in [0.4, 0.5) is 4.39 Å². The van der Waals surface area contributed by atoms with Crippen molar-refractivity contribution in [1.82, 2.24) is 4.72 Å². The van der Waals surface area contributed by atoms with Gasteiger partial charge in [0.15, 0.2) is 0 Å². The minimum Gasteiger partial charge on any atom is -0.386 e. The Bertz CT molecular complexity index is 639. The largest absolute Gasteiger partial charge is 0.386 e. The summed E-state index contributed by atoms with van der Waals surface area (Å²) in [6.07, 6.45) is -0.863. The van der Waals surface area contributed by atoms with Gasteiger partial charge in [-0.3, -0.25) is 0 Å². The number of hydrogen-bond donors (Lipinski definition) is 2. The number of benzene rings is 1. The summed E-state index contributed by atoms with van der Waals surface area (Å²) in [5.41, 5.74) is 0.490. The number of sulfonamides is 1. The molecule has 20 heavy (non-hydrogen) atoms. The molecular weight excluding hydrogens is 301 g/mol. The molecule has 1 aromatic heterocycles. The fourth-order valence-corrected chi connectivity index (χ4v) is 3.50. The van der Waals surface area contributed by atoms with Gasteiger partial charge in [0.05, 0.1) is 5.75 Å². The Hall–Kier alpha value is -1.28. The van der Waals surface area contributed by atoms with E-state index >= 15 is 0 Å². The smallest absolute Gasteiger partial charge is 0.215 e. The summed E-state index contributed by atoms with van der Waals surface area (Å²) in [5, 5.41) is 11.6. The van der Waals surface area contributed by atoms with Gasteiger partial charge in [0.2, 0.25) is 10.0 Å². The lowest BCUT2D eigenvalue weighted by Crippen LogP contribution is -2.29. The summed E-state index contributed by atoms with van der Waals surface area (Å²) in [7, 11) is -3.56. The van der Waals surface area contributed by atoms with E-state index in [4.69, 9.17) is 0 Å². The van der Waals surface area contributed by atoms with E-state index in [-0.39, 0.29) is 12.3 Å². The van der Waals surface area contributed by atoms with E-state index < -0.39 is 21.9 Å². The second-order valence-electron chi connectivity index (χ2n) is 4.27. The summed E-state index contributed by atoms with van der Waals surface area (Å²) < 4.78 is 38.8. The first-order valence-corrected chi connectivity index (χ1v) is 8.43. The van der Waals surface area contributed by atoms with Crippen molar-refractivity contribution in [3.63, 3.8) is 0 Å². The van der Waals surface area contributed by atoms with E-state index in [2.05, 4.69) is 4.72 Å². The average Bonchev–Trinajstić information content (AvgIpc) is 2.93. The van der Waals surface area contributed by atoms with Crippen molar-refractivity contribution in [3.05, 3.63) is 58.0 Å². The first-order valence-electron chi connectivity index (χ1n) is 5.89. The first-order chi connectivity index (χ1) is 9.46. The number of thiophene rings is 1. The molecule has 1 atom stereocenters. The summed E-state index contributed by atoms with van der Waals surface area (Å²) in [6.45, 7) is -0.0793. The molecule has 2 N–H and O–H groups in total. The van der Waals surface area contributed by atoms with E-state index in [1.165, 1.54) is 35.6 Å². The van der Waals surface area contributed by atoms with Gasteiger partial charge in [0.25, 0.3) is 0 Å². The normalized spacial score (nSPS) is 13.3. The van der Waals surface area contributed by atoms with Crippen molar-refractivity contribution in [2.75, 3.05) is 6.54 Å². The Labute approximate surface area is 120 Å². The van der Waals surface area contributed by atoms with Crippen molar-refractivity contribution in [2.45, 2.75) is 11.9 Å². The maximum absolute atomic E-state index is 12.7. The molecule has 0 aliphatic heterocycles. The monoisotopic (exact) mass is 315 g/mol. The number of halogens is 1. The molecule has 4 nitrogen and oxygen atoms in total. The van der Waals surface area contributed by atoms with Crippen LogP contribution in [0.5, 0.6) is 0 Å². The zero-order valence-electron chi connectivity index (χ0n) is 10.5. The molecule has 0 aliphatic carbocycles. The van der Waals surface area contributed by atoms with Crippen LogP contribution in [0.2, 0.25) is 0 Å². The van der Waals surface area contributed by atoms with E-state index in [9.17, 15) is 17.9 Å². The molecule has 0 saturated carbocycles. The van der Waals surface area contributed by atoms with Crippen LogP contribution in [0.15, 0.2) is 41.8 Å². The van der Waals surface area contributed by atoms with E-state index in [0.29, 0.717) is 10.4 Å². The predicted molar refractivity (Wildman–Crippen MR) is 76.3 cm³/mol. The first kappa shape index (κ1) is 15.1. The molecule has 1 heterocycles. The van der Waals surface area contributed by atoms with Crippen LogP contribution < -0.4 is 4.72 Å². The highest BCUT2D eigenvalue weighted by molar-refractivity contribution is 7.88. The number of hydrogen-bond acceptors (Lipinski definition) is 4. The zero-order valence-corrected chi connectivity index (χ0v) is 12.1. The van der Waals surface area contributed by atoms with E-state index in [0.717, 1.165) is 0 Å². The van der Waals surface area contributed by atoms with Gasteiger partial charge in [-0.25, -0.2) is 17.5 Å². The van der Waals surface area contributed by atoms with Gasteiger partial charge in [-0.15, -0.1) is 11.3 Å². The van der Waals surface area contributed by atoms with Crippen LogP contribution in [-0.4, -0.2) is 20.1 Å². The fraction of sp³-hybridized carbons (Fsp3) is 0.231. The topological polar surface area (TPSA) is 66.4 Å². The van der Waals surface area contributed by atoms with Crippen LogP contribution in [0, 0.1) is 5.82 Å². The van der Waals surface area contributed by atoms with Crippen LogP contribution in [-0.2, 0) is 15.8 Å². The van der Waals surface area contributed by atoms with Crippen LogP contribution in [0.3, 0.4) is 0 Å². The maximum Gasteiger partial charge on any atom is 0.215 e. The van der Waals surface area contributed by atoms with Gasteiger partial charge in [-0.1, -0.05) is 18.2 Å². The van der Waals surface area contributed by atoms with Gasteiger partial charge in [0, 0.05) is 11.4 Å². The molecule has 2 aromatic rings. The highest BCUT2D eigenvalue weighted by Gasteiger charge is 2.15. The number of aliphatic hydroxyl groups is 1. The molecule has 108 valence electrons. The molecule has 2 rings (SSSR count). The molecule has 0 aliphatic rings. The Morgan fingerprint density at radius 1 is 1.25 bits per heavy atom. The zero-order chi connectivity index (χ0) is 14.6. The predicted octanol–water partition coefficient (Wildman–Crippen LogP) is 2.04. The van der Waals surface area contributed by atoms with E-state index in [1.54, 1.807) is 12.1 Å². The summed E-state index contributed by atoms with van der Waals surface area (Å²) >= 11 is 1.36. The number of nitrogens with one attached hydrogen (secondary N) is 1. The van der Waals surface area contributed by atoms with Gasteiger partial charge in [-0.05, 0) is 29.1 Å². The molecule has 1 unspecified atom stereocenters. The van der Waals surface area contributed by atoms with Crippen molar-refractivity contribution >= 4 is 21.4 Å². The standard InChI is InChI=1S/C13H14FNO3S2/c14-11-5-3-10(4-6-11)9-20(17,18)15-8-12(16)13-2-1-7-19-13/h1-7,12,15-16H,8-9H2. The Balaban J connectivity index is 1.92. The molecule has 7 heteroatoms. The summed E-state index contributed by atoms with van der Waals surface area (Å²) in [4.78, 5) is 0.703. The lowest BCUT2D eigenvalue weighted by molar-refractivity contribution is 0.185. The molecule has 0 radical (unpaired) electrons. The lowest BCUT2D eigenvalue weighted by atomic mass is 10.2. The maximum atomic E-state index is 12.7. The third-order valence-corrected chi connectivity index (χ3v) is 4.93. The number of aliphatic hydroxyl groups excluding tert-OH is 1. The quantitative estimate of drug-likeness (QED) is 0.857. The highest BCUT2D eigenvalue weighted by atomic mass is 32.2. The third-order valence-electron chi connectivity index (χ3n) is 2.64. The molecule has 0 bridgehead atoms. The summed E-state index contributed by atoms with van der Waals surface area (Å²) in [6, 6.07) is 8.80. The minimum atomic E-state index is -3.56. The highest BCUT2D eigenvalue weighted by Crippen LogP contribution is 2.18. The van der Waals surface area contributed by atoms with Crippen molar-refractivity contribution in [1.29, 1.82) is 0 Å². The molecule has 1 aromatic carbocycles. The van der Waals surface area contributed by atoms with Crippen molar-refractivity contribution in [2.24, 2.45) is 0 Å². The second-order valence-corrected chi connectivity index (χ2v) is 7.05. The fourth-order valence-electron chi connectivity index (χ4n) is 1.64. The molecule has 0 saturated heterocycles. The van der Waals surface area contributed by atoms with Crippen LogP contribution in [0.25, 0.3) is 0 Å². The van der Waals surface area contributed by atoms with Gasteiger partial charge in [-0.2, -0.15) is 0 Å². The van der Waals surface area contributed by atoms with Gasteiger partial charge < -0.3 is 5.11 Å². The average molecular weight is 315 g/mol. The Kier molecular flexibility index (Phi) is 4.87. The Morgan fingerprint density at radius 2 is 1.95 bits per heavy atom. The second kappa shape index (κ2) is 6.45. The summed E-state index contributed by atoms with van der Waals surface area (Å²) in [5.74, 6) is -0.656. The van der Waals surface area contributed by atoms with Gasteiger partial charge in [0.1, 0.15) is 11.9 Å². The van der Waals surface area contributed by atoms with Crippen LogP contribution >= 0.6 is 11.3 Å². The van der Waals surface area contributed by atoms with Gasteiger partial charge >= 0.3 is 0 Å². The SMILES string of the molecule is O=S(=O)(Cc1ccc(F)cc1)NCC(O)c1cccs1. The number of rotatable bonds is 6. The van der Waals surface area contributed by atoms with Crippen LogP contribution in [0.1, 0.15) is 16.5 Å². The Morgan fingerprint density at radius 3 is 2.55 bits per heavy atom. The molecule has 0 amide bonds. The third kappa shape index (κ3) is 4.38. The molecule has 0 fully saturated rings. The van der Waals surface area contributed by atoms with Crippen molar-refractivity contribution in [3.8, 4) is 0 Å².